The highest BCUT2D eigenvalue weighted by Crippen LogP contribution is 2.33. The van der Waals surface area contributed by atoms with Crippen LogP contribution in [-0.4, -0.2) is 50.2 Å². The molecule has 15 heavy (non-hydrogen) atoms. The molecule has 1 aliphatic carbocycles. The maximum Gasteiger partial charge on any atom is 0.326 e. The van der Waals surface area contributed by atoms with Gasteiger partial charge in [0.2, 0.25) is 0 Å². The Bertz CT molecular complexity index is 233. The Morgan fingerprint density at radius 2 is 2.33 bits per heavy atom. The van der Waals surface area contributed by atoms with Gasteiger partial charge in [0, 0.05) is 6.04 Å². The van der Waals surface area contributed by atoms with Gasteiger partial charge in [-0.1, -0.05) is 6.92 Å². The third kappa shape index (κ3) is 2.32. The van der Waals surface area contributed by atoms with E-state index in [1.165, 1.54) is 7.11 Å². The van der Waals surface area contributed by atoms with Crippen molar-refractivity contribution in [3.63, 3.8) is 0 Å². The molecule has 0 saturated heterocycles. The molecule has 1 N–H and O–H groups in total. The van der Waals surface area contributed by atoms with Crippen LogP contribution in [-0.2, 0) is 9.53 Å². The monoisotopic (exact) mass is 214 g/mol. The molecule has 0 heterocycles. The van der Waals surface area contributed by atoms with Crippen molar-refractivity contribution in [1.29, 1.82) is 0 Å². The molecular weight excluding hydrogens is 192 g/mol. The Kier molecular flexibility index (Phi) is 4.11. The zero-order valence-corrected chi connectivity index (χ0v) is 10.2. The predicted molar refractivity (Wildman–Crippen MR) is 59.7 cm³/mol. The van der Waals surface area contributed by atoms with Gasteiger partial charge in [-0.2, -0.15) is 0 Å². The minimum Gasteiger partial charge on any atom is -0.468 e. The number of carbonyl (C=O) groups excluding carboxylic acids is 1. The zero-order valence-electron chi connectivity index (χ0n) is 10.2. The maximum absolute atomic E-state index is 11.7. The number of hydrogen-bond donors (Lipinski definition) is 1. The zero-order chi connectivity index (χ0) is 11.5. The molecule has 1 rings (SSSR count). The lowest BCUT2D eigenvalue weighted by Gasteiger charge is -2.28. The van der Waals surface area contributed by atoms with E-state index in [-0.39, 0.29) is 5.97 Å². The first kappa shape index (κ1) is 12.5. The van der Waals surface area contributed by atoms with E-state index in [1.54, 1.807) is 0 Å². The van der Waals surface area contributed by atoms with E-state index >= 15 is 0 Å². The summed E-state index contributed by atoms with van der Waals surface area (Å²) in [5.41, 5.74) is -0.456. The summed E-state index contributed by atoms with van der Waals surface area (Å²) in [5, 5.41) is 3.14. The molecular formula is C11H22N2O2. The number of ether oxygens (including phenoxy) is 1. The largest absolute Gasteiger partial charge is 0.468 e. The summed E-state index contributed by atoms with van der Waals surface area (Å²) in [7, 11) is 5.40. The van der Waals surface area contributed by atoms with E-state index < -0.39 is 5.54 Å². The fourth-order valence-corrected chi connectivity index (χ4v) is 2.36. The van der Waals surface area contributed by atoms with Crippen LogP contribution in [0.1, 0.15) is 26.2 Å². The Morgan fingerprint density at radius 1 is 1.67 bits per heavy atom. The molecule has 0 bridgehead atoms. The van der Waals surface area contributed by atoms with Gasteiger partial charge in [0.05, 0.1) is 7.11 Å². The highest BCUT2D eigenvalue weighted by atomic mass is 16.5. The van der Waals surface area contributed by atoms with Gasteiger partial charge in [0.15, 0.2) is 0 Å². The quantitative estimate of drug-likeness (QED) is 0.697. The number of rotatable bonds is 4. The number of nitrogens with zero attached hydrogens (tertiary/aromatic N) is 1. The molecule has 0 spiro atoms. The van der Waals surface area contributed by atoms with Crippen LogP contribution in [0.2, 0.25) is 0 Å². The SMILES string of the molecule is CCN(C)C1CCC(NC)(C(=O)OC)C1. The van der Waals surface area contributed by atoms with Crippen LogP contribution in [0.15, 0.2) is 0 Å². The molecule has 0 aliphatic heterocycles. The minimum absolute atomic E-state index is 0.128. The molecule has 1 aliphatic rings. The molecule has 0 aromatic carbocycles. The van der Waals surface area contributed by atoms with E-state index in [0.717, 1.165) is 25.8 Å². The van der Waals surface area contributed by atoms with Crippen LogP contribution in [0.25, 0.3) is 0 Å². The van der Waals surface area contributed by atoms with Crippen molar-refractivity contribution in [2.45, 2.75) is 37.8 Å². The minimum atomic E-state index is -0.456. The summed E-state index contributed by atoms with van der Waals surface area (Å²) in [5.74, 6) is -0.128. The van der Waals surface area contributed by atoms with E-state index in [0.29, 0.717) is 6.04 Å². The highest BCUT2D eigenvalue weighted by molar-refractivity contribution is 5.81. The summed E-state index contributed by atoms with van der Waals surface area (Å²) >= 11 is 0. The molecule has 1 saturated carbocycles. The Balaban J connectivity index is 2.69. The fourth-order valence-electron chi connectivity index (χ4n) is 2.36. The molecule has 0 radical (unpaired) electrons. The summed E-state index contributed by atoms with van der Waals surface area (Å²) < 4.78 is 4.87. The third-order valence-electron chi connectivity index (χ3n) is 3.67. The normalized spacial score (nSPS) is 30.9. The summed E-state index contributed by atoms with van der Waals surface area (Å²) in [6.07, 6.45) is 2.77. The summed E-state index contributed by atoms with van der Waals surface area (Å²) in [6, 6.07) is 0.488. The molecule has 2 atom stereocenters. The lowest BCUT2D eigenvalue weighted by atomic mass is 9.97. The van der Waals surface area contributed by atoms with Crippen molar-refractivity contribution in [1.82, 2.24) is 10.2 Å². The van der Waals surface area contributed by atoms with Crippen LogP contribution >= 0.6 is 0 Å². The first-order valence-corrected chi connectivity index (χ1v) is 5.57. The third-order valence-corrected chi connectivity index (χ3v) is 3.67. The van der Waals surface area contributed by atoms with Gasteiger partial charge in [-0.15, -0.1) is 0 Å². The van der Waals surface area contributed by atoms with Gasteiger partial charge in [-0.05, 0) is 39.9 Å². The fraction of sp³-hybridized carbons (Fsp3) is 0.909. The van der Waals surface area contributed by atoms with Crippen LogP contribution in [0.4, 0.5) is 0 Å². The molecule has 0 amide bonds. The molecule has 2 unspecified atom stereocenters. The van der Waals surface area contributed by atoms with Gasteiger partial charge in [0.1, 0.15) is 5.54 Å². The second kappa shape index (κ2) is 4.94. The second-order valence-corrected chi connectivity index (χ2v) is 4.29. The number of likely N-dealkylation sites (N-methyl/N-ethyl adjacent to an activating group) is 1. The first-order chi connectivity index (χ1) is 7.09. The van der Waals surface area contributed by atoms with E-state index in [2.05, 4.69) is 24.2 Å². The van der Waals surface area contributed by atoms with E-state index in [1.807, 2.05) is 7.05 Å². The Labute approximate surface area is 92.0 Å². The van der Waals surface area contributed by atoms with Gasteiger partial charge in [0.25, 0.3) is 0 Å². The smallest absolute Gasteiger partial charge is 0.326 e. The molecule has 4 nitrogen and oxygen atoms in total. The summed E-state index contributed by atoms with van der Waals surface area (Å²) in [4.78, 5) is 14.0. The van der Waals surface area contributed by atoms with E-state index in [4.69, 9.17) is 4.74 Å². The van der Waals surface area contributed by atoms with Crippen molar-refractivity contribution < 1.29 is 9.53 Å². The van der Waals surface area contributed by atoms with Crippen molar-refractivity contribution in [3.05, 3.63) is 0 Å². The number of nitrogens with one attached hydrogen (secondary N) is 1. The van der Waals surface area contributed by atoms with Crippen molar-refractivity contribution in [2.75, 3.05) is 27.7 Å². The standard InChI is InChI=1S/C11H22N2O2/c1-5-13(3)9-6-7-11(8-9,12-2)10(14)15-4/h9,12H,5-8H2,1-4H3. The lowest BCUT2D eigenvalue weighted by molar-refractivity contribution is -0.148. The topological polar surface area (TPSA) is 41.6 Å². The van der Waals surface area contributed by atoms with Crippen LogP contribution in [0, 0.1) is 0 Å². The van der Waals surface area contributed by atoms with Gasteiger partial charge < -0.3 is 15.0 Å². The van der Waals surface area contributed by atoms with Crippen LogP contribution in [0.3, 0.4) is 0 Å². The predicted octanol–water partition coefficient (Wildman–Crippen LogP) is 0.622. The molecule has 0 aromatic rings. The average molecular weight is 214 g/mol. The number of methoxy groups -OCH3 is 1. The number of carbonyl (C=O) groups is 1. The molecule has 0 aromatic heterocycles. The highest BCUT2D eigenvalue weighted by Gasteiger charge is 2.45. The first-order valence-electron chi connectivity index (χ1n) is 5.57. The molecule has 1 fully saturated rings. The molecule has 88 valence electrons. The van der Waals surface area contributed by atoms with Crippen molar-refractivity contribution in [3.8, 4) is 0 Å². The lowest BCUT2D eigenvalue weighted by Crippen LogP contribution is -2.50. The second-order valence-electron chi connectivity index (χ2n) is 4.29. The Morgan fingerprint density at radius 3 is 2.80 bits per heavy atom. The molecule has 4 heteroatoms. The average Bonchev–Trinajstić information content (AvgIpc) is 2.72. The van der Waals surface area contributed by atoms with Crippen LogP contribution < -0.4 is 5.32 Å². The van der Waals surface area contributed by atoms with E-state index in [9.17, 15) is 4.79 Å². The number of hydrogen-bond acceptors (Lipinski definition) is 4. The van der Waals surface area contributed by atoms with Crippen LogP contribution in [0.5, 0.6) is 0 Å². The summed E-state index contributed by atoms with van der Waals surface area (Å²) in [6.45, 7) is 3.16. The van der Waals surface area contributed by atoms with Crippen molar-refractivity contribution >= 4 is 5.97 Å². The van der Waals surface area contributed by atoms with Crippen molar-refractivity contribution in [2.24, 2.45) is 0 Å². The van der Waals surface area contributed by atoms with Gasteiger partial charge in [-0.3, -0.25) is 4.79 Å². The Hall–Kier alpha value is -0.610. The van der Waals surface area contributed by atoms with Gasteiger partial charge >= 0.3 is 5.97 Å². The number of esters is 1. The van der Waals surface area contributed by atoms with Gasteiger partial charge in [-0.25, -0.2) is 0 Å². The maximum atomic E-state index is 11.7.